The lowest BCUT2D eigenvalue weighted by molar-refractivity contribution is 0.0606. The Hall–Kier alpha value is -1.58. The largest absolute Gasteiger partial charge is 0.465 e. The van der Waals surface area contributed by atoms with Crippen molar-refractivity contribution in [3.05, 3.63) is 56.7 Å². The van der Waals surface area contributed by atoms with E-state index in [4.69, 9.17) is 11.6 Å². The van der Waals surface area contributed by atoms with Crippen LogP contribution in [0.4, 0.5) is 0 Å². The summed E-state index contributed by atoms with van der Waals surface area (Å²) in [5.41, 5.74) is 1.06. The van der Waals surface area contributed by atoms with Crippen LogP contribution in [0, 0.1) is 0 Å². The van der Waals surface area contributed by atoms with E-state index in [2.05, 4.69) is 4.74 Å². The van der Waals surface area contributed by atoms with Crippen molar-refractivity contribution in [2.24, 2.45) is 0 Å². The van der Waals surface area contributed by atoms with Crippen molar-refractivity contribution in [3.8, 4) is 0 Å². The molecule has 1 heterocycles. The lowest BCUT2D eigenvalue weighted by Gasteiger charge is -1.93. The Bertz CT molecular complexity index is 570. The molecule has 4 heteroatoms. The molecule has 0 bridgehead atoms. The van der Waals surface area contributed by atoms with E-state index in [1.807, 2.05) is 42.5 Å². The van der Waals surface area contributed by atoms with Crippen LogP contribution >= 0.6 is 22.9 Å². The molecule has 0 aliphatic carbocycles. The van der Waals surface area contributed by atoms with Gasteiger partial charge in [-0.25, -0.2) is 4.79 Å². The highest BCUT2D eigenvalue weighted by atomic mass is 35.5. The molecular weight excluding hydrogens is 268 g/mol. The molecule has 2 rings (SSSR count). The van der Waals surface area contributed by atoms with Gasteiger partial charge in [0.05, 0.1) is 7.11 Å². The quantitative estimate of drug-likeness (QED) is 0.780. The standard InChI is InChI=1S/C14H11ClO2S/c1-17-14(16)13-9-8-12(18-13)7-4-10-2-5-11(15)6-3-10/h2-9H,1H3. The molecule has 0 spiro atoms. The number of thiophene rings is 1. The molecule has 0 N–H and O–H groups in total. The minimum Gasteiger partial charge on any atom is -0.465 e. The number of halogens is 1. The van der Waals surface area contributed by atoms with Gasteiger partial charge in [0.25, 0.3) is 0 Å². The van der Waals surface area contributed by atoms with E-state index in [1.165, 1.54) is 18.4 Å². The fourth-order valence-corrected chi connectivity index (χ4v) is 2.36. The van der Waals surface area contributed by atoms with E-state index in [-0.39, 0.29) is 5.97 Å². The van der Waals surface area contributed by atoms with Gasteiger partial charge in [0.15, 0.2) is 0 Å². The number of methoxy groups -OCH3 is 1. The number of hydrogen-bond donors (Lipinski definition) is 0. The van der Waals surface area contributed by atoms with Gasteiger partial charge in [-0.2, -0.15) is 0 Å². The van der Waals surface area contributed by atoms with Gasteiger partial charge >= 0.3 is 5.97 Å². The molecule has 0 fully saturated rings. The van der Waals surface area contributed by atoms with Crippen LogP contribution in [-0.2, 0) is 4.74 Å². The third kappa shape index (κ3) is 3.22. The Kier molecular flexibility index (Phi) is 4.18. The van der Waals surface area contributed by atoms with Gasteiger partial charge in [-0.15, -0.1) is 11.3 Å². The first-order valence-corrected chi connectivity index (χ1v) is 6.50. The molecule has 2 nitrogen and oxygen atoms in total. The van der Waals surface area contributed by atoms with Crippen LogP contribution in [0.15, 0.2) is 36.4 Å². The maximum atomic E-state index is 11.3. The maximum Gasteiger partial charge on any atom is 0.348 e. The van der Waals surface area contributed by atoms with Gasteiger partial charge in [-0.1, -0.05) is 29.8 Å². The molecule has 92 valence electrons. The van der Waals surface area contributed by atoms with Gasteiger partial charge in [-0.3, -0.25) is 0 Å². The first-order valence-electron chi connectivity index (χ1n) is 5.31. The molecular formula is C14H11ClO2S. The molecule has 1 aromatic heterocycles. The molecule has 0 aliphatic rings. The summed E-state index contributed by atoms with van der Waals surface area (Å²) >= 11 is 7.21. The van der Waals surface area contributed by atoms with Crippen molar-refractivity contribution in [1.29, 1.82) is 0 Å². The number of hydrogen-bond acceptors (Lipinski definition) is 3. The predicted octanol–water partition coefficient (Wildman–Crippen LogP) is 4.36. The third-order valence-corrected chi connectivity index (χ3v) is 3.61. The molecule has 18 heavy (non-hydrogen) atoms. The lowest BCUT2D eigenvalue weighted by atomic mass is 10.2. The summed E-state index contributed by atoms with van der Waals surface area (Å²) in [7, 11) is 1.38. The van der Waals surface area contributed by atoms with E-state index < -0.39 is 0 Å². The van der Waals surface area contributed by atoms with Crippen molar-refractivity contribution in [1.82, 2.24) is 0 Å². The van der Waals surface area contributed by atoms with E-state index in [0.29, 0.717) is 4.88 Å². The molecule has 0 aliphatic heterocycles. The summed E-state index contributed by atoms with van der Waals surface area (Å²) in [6.07, 6.45) is 3.93. The zero-order valence-electron chi connectivity index (χ0n) is 9.72. The Morgan fingerprint density at radius 2 is 1.89 bits per heavy atom. The Morgan fingerprint density at radius 1 is 1.17 bits per heavy atom. The molecule has 0 saturated heterocycles. The highest BCUT2D eigenvalue weighted by Crippen LogP contribution is 2.20. The van der Waals surface area contributed by atoms with Crippen LogP contribution in [0.1, 0.15) is 20.1 Å². The second kappa shape index (κ2) is 5.85. The fourth-order valence-electron chi connectivity index (χ4n) is 1.40. The predicted molar refractivity (Wildman–Crippen MR) is 76.0 cm³/mol. The Labute approximate surface area is 114 Å². The van der Waals surface area contributed by atoms with Crippen LogP contribution in [0.5, 0.6) is 0 Å². The topological polar surface area (TPSA) is 26.3 Å². The summed E-state index contributed by atoms with van der Waals surface area (Å²) in [4.78, 5) is 12.9. The lowest BCUT2D eigenvalue weighted by Crippen LogP contribution is -1.96. The van der Waals surface area contributed by atoms with Crippen molar-refractivity contribution >= 4 is 41.1 Å². The molecule has 2 aromatic rings. The van der Waals surface area contributed by atoms with Gasteiger partial charge in [0.2, 0.25) is 0 Å². The van der Waals surface area contributed by atoms with Crippen molar-refractivity contribution in [2.75, 3.05) is 7.11 Å². The van der Waals surface area contributed by atoms with Crippen LogP contribution in [0.2, 0.25) is 5.02 Å². The van der Waals surface area contributed by atoms with Crippen LogP contribution < -0.4 is 0 Å². The first-order chi connectivity index (χ1) is 8.69. The maximum absolute atomic E-state index is 11.3. The smallest absolute Gasteiger partial charge is 0.348 e. The van der Waals surface area contributed by atoms with Gasteiger partial charge < -0.3 is 4.74 Å². The van der Waals surface area contributed by atoms with Gasteiger partial charge in [0.1, 0.15) is 4.88 Å². The van der Waals surface area contributed by atoms with E-state index in [9.17, 15) is 4.79 Å². The second-order valence-electron chi connectivity index (χ2n) is 3.58. The van der Waals surface area contributed by atoms with E-state index in [0.717, 1.165) is 15.5 Å². The summed E-state index contributed by atoms with van der Waals surface area (Å²) in [5.74, 6) is -0.300. The number of benzene rings is 1. The summed E-state index contributed by atoms with van der Waals surface area (Å²) in [6, 6.07) is 11.2. The van der Waals surface area contributed by atoms with E-state index in [1.54, 1.807) is 6.07 Å². The SMILES string of the molecule is COC(=O)c1ccc(C=Cc2ccc(Cl)cc2)s1. The van der Waals surface area contributed by atoms with Crippen LogP contribution in [0.25, 0.3) is 12.2 Å². The normalized spacial score (nSPS) is 10.8. The Morgan fingerprint density at radius 3 is 2.56 bits per heavy atom. The second-order valence-corrected chi connectivity index (χ2v) is 5.13. The van der Waals surface area contributed by atoms with Crippen LogP contribution in [0.3, 0.4) is 0 Å². The number of esters is 1. The summed E-state index contributed by atoms with van der Waals surface area (Å²) in [5, 5.41) is 0.719. The molecule has 0 amide bonds. The highest BCUT2D eigenvalue weighted by molar-refractivity contribution is 7.14. The minimum absolute atomic E-state index is 0.300. The average Bonchev–Trinajstić information content (AvgIpc) is 2.86. The van der Waals surface area contributed by atoms with E-state index >= 15 is 0 Å². The third-order valence-electron chi connectivity index (χ3n) is 2.32. The summed E-state index contributed by atoms with van der Waals surface area (Å²) < 4.78 is 4.66. The minimum atomic E-state index is -0.300. The number of carbonyl (C=O) groups is 1. The highest BCUT2D eigenvalue weighted by Gasteiger charge is 2.07. The fraction of sp³-hybridized carbons (Fsp3) is 0.0714. The van der Waals surface area contributed by atoms with Crippen molar-refractivity contribution < 1.29 is 9.53 Å². The zero-order valence-corrected chi connectivity index (χ0v) is 11.3. The molecule has 1 aromatic carbocycles. The average molecular weight is 279 g/mol. The van der Waals surface area contributed by atoms with Gasteiger partial charge in [-0.05, 0) is 35.9 Å². The number of ether oxygens (including phenoxy) is 1. The zero-order chi connectivity index (χ0) is 13.0. The van der Waals surface area contributed by atoms with Crippen molar-refractivity contribution in [3.63, 3.8) is 0 Å². The molecule has 0 unspecified atom stereocenters. The monoisotopic (exact) mass is 278 g/mol. The Balaban J connectivity index is 2.11. The molecule has 0 saturated carbocycles. The molecule has 0 atom stereocenters. The first kappa shape index (κ1) is 12.9. The summed E-state index contributed by atoms with van der Waals surface area (Å²) in [6.45, 7) is 0. The number of rotatable bonds is 3. The van der Waals surface area contributed by atoms with Crippen molar-refractivity contribution in [2.45, 2.75) is 0 Å². The van der Waals surface area contributed by atoms with Gasteiger partial charge in [0, 0.05) is 9.90 Å². The molecule has 0 radical (unpaired) electrons. The van der Waals surface area contributed by atoms with Crippen LogP contribution in [-0.4, -0.2) is 13.1 Å². The number of carbonyl (C=O) groups excluding carboxylic acids is 1.